The number of aromatic nitrogens is 2. The van der Waals surface area contributed by atoms with E-state index in [-0.39, 0.29) is 18.5 Å². The molecular weight excluding hydrogens is 370 g/mol. The number of carbonyl (C=O) groups excluding carboxylic acids is 1. The molecule has 0 radical (unpaired) electrons. The lowest BCUT2D eigenvalue weighted by Gasteiger charge is -2.38. The van der Waals surface area contributed by atoms with Crippen LogP contribution in [0.15, 0.2) is 18.5 Å². The Kier molecular flexibility index (Phi) is 6.85. The molecule has 0 aliphatic carbocycles. The highest BCUT2D eigenvalue weighted by molar-refractivity contribution is 7.88. The molecule has 2 aliphatic rings. The van der Waals surface area contributed by atoms with E-state index >= 15 is 0 Å². The van der Waals surface area contributed by atoms with Crippen LogP contribution in [-0.4, -0.2) is 91.0 Å². The van der Waals surface area contributed by atoms with E-state index < -0.39 is 10.0 Å². The van der Waals surface area contributed by atoms with Gasteiger partial charge in [-0.15, -0.1) is 0 Å². The number of ether oxygens (including phenoxy) is 1. The molecule has 1 N–H and O–H groups in total. The fourth-order valence-corrected chi connectivity index (χ4v) is 4.76. The molecule has 27 heavy (non-hydrogen) atoms. The standard InChI is InChI=1S/C17H29N5O4S/c1-27(24,25)21-9-3-16(13-21)22(15-4-11-26-12-5-15)10-7-18-17(23)14-20-8-2-6-19-20/h2,6,8,15-16H,3-5,7,9-14H2,1H3,(H,18,23). The van der Waals surface area contributed by atoms with Gasteiger partial charge in [0.25, 0.3) is 0 Å². The van der Waals surface area contributed by atoms with Crippen LogP contribution >= 0.6 is 0 Å². The molecule has 3 heterocycles. The van der Waals surface area contributed by atoms with Gasteiger partial charge < -0.3 is 10.1 Å². The van der Waals surface area contributed by atoms with E-state index in [4.69, 9.17) is 4.74 Å². The Morgan fingerprint density at radius 1 is 1.30 bits per heavy atom. The van der Waals surface area contributed by atoms with Crippen molar-refractivity contribution in [2.24, 2.45) is 0 Å². The molecule has 0 spiro atoms. The van der Waals surface area contributed by atoms with Gasteiger partial charge in [0.05, 0.1) is 6.26 Å². The van der Waals surface area contributed by atoms with Crippen molar-refractivity contribution in [1.82, 2.24) is 24.3 Å². The summed E-state index contributed by atoms with van der Waals surface area (Å²) in [5.41, 5.74) is 0. The van der Waals surface area contributed by atoms with Crippen LogP contribution in [0.25, 0.3) is 0 Å². The molecule has 1 aromatic rings. The van der Waals surface area contributed by atoms with Crippen LogP contribution in [-0.2, 0) is 26.1 Å². The third-order valence-corrected chi connectivity index (χ3v) is 6.55. The normalized spacial score (nSPS) is 22.4. The van der Waals surface area contributed by atoms with Gasteiger partial charge >= 0.3 is 0 Å². The molecule has 0 aromatic carbocycles. The fourth-order valence-electron chi connectivity index (χ4n) is 3.88. The van der Waals surface area contributed by atoms with Crippen LogP contribution in [0.1, 0.15) is 19.3 Å². The molecule has 1 atom stereocenters. The van der Waals surface area contributed by atoms with Crippen molar-refractivity contribution in [1.29, 1.82) is 0 Å². The second-order valence-corrected chi connectivity index (χ2v) is 9.18. The summed E-state index contributed by atoms with van der Waals surface area (Å²) in [4.78, 5) is 14.5. The maximum absolute atomic E-state index is 12.1. The summed E-state index contributed by atoms with van der Waals surface area (Å²) in [6.07, 6.45) is 7.38. The molecule has 1 aromatic heterocycles. The van der Waals surface area contributed by atoms with Gasteiger partial charge in [-0.1, -0.05) is 0 Å². The van der Waals surface area contributed by atoms with Gasteiger partial charge in [0.15, 0.2) is 0 Å². The molecule has 2 aliphatic heterocycles. The van der Waals surface area contributed by atoms with Crippen molar-refractivity contribution in [3.05, 3.63) is 18.5 Å². The minimum atomic E-state index is -3.16. The first kappa shape index (κ1) is 20.2. The number of sulfonamides is 1. The van der Waals surface area contributed by atoms with Gasteiger partial charge in [-0.25, -0.2) is 12.7 Å². The summed E-state index contributed by atoms with van der Waals surface area (Å²) in [6, 6.07) is 2.34. The van der Waals surface area contributed by atoms with Gasteiger partial charge in [-0.05, 0) is 25.3 Å². The van der Waals surface area contributed by atoms with Crippen LogP contribution in [0.2, 0.25) is 0 Å². The molecule has 152 valence electrons. The molecule has 1 amide bonds. The van der Waals surface area contributed by atoms with Gasteiger partial charge in [0, 0.05) is 63.9 Å². The Balaban J connectivity index is 1.55. The van der Waals surface area contributed by atoms with Crippen molar-refractivity contribution in [3.63, 3.8) is 0 Å². The molecule has 0 saturated carbocycles. The Labute approximate surface area is 160 Å². The van der Waals surface area contributed by atoms with E-state index in [1.54, 1.807) is 27.4 Å². The van der Waals surface area contributed by atoms with E-state index in [9.17, 15) is 13.2 Å². The zero-order chi connectivity index (χ0) is 19.3. The zero-order valence-corrected chi connectivity index (χ0v) is 16.6. The van der Waals surface area contributed by atoms with Crippen molar-refractivity contribution in [2.75, 3.05) is 45.6 Å². The largest absolute Gasteiger partial charge is 0.381 e. The van der Waals surface area contributed by atoms with E-state index in [0.29, 0.717) is 32.2 Å². The first-order chi connectivity index (χ1) is 12.9. The van der Waals surface area contributed by atoms with Crippen molar-refractivity contribution < 1.29 is 17.9 Å². The maximum atomic E-state index is 12.1. The highest BCUT2D eigenvalue weighted by Crippen LogP contribution is 2.24. The summed E-state index contributed by atoms with van der Waals surface area (Å²) < 4.78 is 32.3. The highest BCUT2D eigenvalue weighted by Gasteiger charge is 2.35. The summed E-state index contributed by atoms with van der Waals surface area (Å²) in [5, 5.41) is 6.99. The molecule has 9 nitrogen and oxygen atoms in total. The average molecular weight is 400 g/mol. The van der Waals surface area contributed by atoms with Crippen molar-refractivity contribution in [2.45, 2.75) is 37.9 Å². The molecule has 3 rings (SSSR count). The van der Waals surface area contributed by atoms with Crippen LogP contribution in [0.4, 0.5) is 0 Å². The van der Waals surface area contributed by atoms with Crippen LogP contribution < -0.4 is 5.32 Å². The monoisotopic (exact) mass is 399 g/mol. The minimum absolute atomic E-state index is 0.0742. The summed E-state index contributed by atoms with van der Waals surface area (Å²) in [5.74, 6) is -0.0742. The average Bonchev–Trinajstić information content (AvgIpc) is 3.31. The molecule has 2 saturated heterocycles. The molecule has 2 fully saturated rings. The predicted octanol–water partition coefficient (Wildman–Crippen LogP) is -0.486. The molecule has 1 unspecified atom stereocenters. The maximum Gasteiger partial charge on any atom is 0.241 e. The van der Waals surface area contributed by atoms with Gasteiger partial charge in [-0.2, -0.15) is 5.10 Å². The number of rotatable bonds is 8. The summed E-state index contributed by atoms with van der Waals surface area (Å²) >= 11 is 0. The van der Waals surface area contributed by atoms with E-state index in [1.165, 1.54) is 6.26 Å². The van der Waals surface area contributed by atoms with Gasteiger partial charge in [-0.3, -0.25) is 14.4 Å². The number of nitrogens with one attached hydrogen (secondary N) is 1. The quantitative estimate of drug-likeness (QED) is 0.634. The molecular formula is C17H29N5O4S. The number of nitrogens with zero attached hydrogens (tertiary/aromatic N) is 4. The summed E-state index contributed by atoms with van der Waals surface area (Å²) in [7, 11) is -3.16. The number of hydrogen-bond donors (Lipinski definition) is 1. The highest BCUT2D eigenvalue weighted by atomic mass is 32.2. The fraction of sp³-hybridized carbons (Fsp3) is 0.765. The number of amides is 1. The summed E-state index contributed by atoms with van der Waals surface area (Å²) in [6.45, 7) is 4.00. The van der Waals surface area contributed by atoms with Crippen LogP contribution in [0.5, 0.6) is 0 Å². The Morgan fingerprint density at radius 2 is 2.07 bits per heavy atom. The van der Waals surface area contributed by atoms with Crippen LogP contribution in [0, 0.1) is 0 Å². The van der Waals surface area contributed by atoms with Gasteiger partial charge in [0.2, 0.25) is 15.9 Å². The Morgan fingerprint density at radius 3 is 2.70 bits per heavy atom. The predicted molar refractivity (Wildman–Crippen MR) is 101 cm³/mol. The van der Waals surface area contributed by atoms with Gasteiger partial charge in [0.1, 0.15) is 6.54 Å². The van der Waals surface area contributed by atoms with Crippen molar-refractivity contribution >= 4 is 15.9 Å². The molecule has 10 heteroatoms. The third-order valence-electron chi connectivity index (χ3n) is 5.28. The second kappa shape index (κ2) is 9.13. The number of hydrogen-bond acceptors (Lipinski definition) is 6. The Hall–Kier alpha value is -1.49. The molecule has 0 bridgehead atoms. The first-order valence-electron chi connectivity index (χ1n) is 9.46. The van der Waals surface area contributed by atoms with E-state index in [0.717, 1.165) is 32.5 Å². The zero-order valence-electron chi connectivity index (χ0n) is 15.8. The smallest absolute Gasteiger partial charge is 0.241 e. The lowest BCUT2D eigenvalue weighted by molar-refractivity contribution is -0.122. The van der Waals surface area contributed by atoms with E-state index in [2.05, 4.69) is 15.3 Å². The first-order valence-corrected chi connectivity index (χ1v) is 11.3. The van der Waals surface area contributed by atoms with Crippen molar-refractivity contribution in [3.8, 4) is 0 Å². The van der Waals surface area contributed by atoms with E-state index in [1.807, 2.05) is 0 Å². The minimum Gasteiger partial charge on any atom is -0.381 e. The topological polar surface area (TPSA) is 96.8 Å². The second-order valence-electron chi connectivity index (χ2n) is 7.20. The number of carbonyl (C=O) groups is 1. The lowest BCUT2D eigenvalue weighted by Crippen LogP contribution is -2.50. The third kappa shape index (κ3) is 5.74. The lowest BCUT2D eigenvalue weighted by atomic mass is 10.0. The van der Waals surface area contributed by atoms with Crippen LogP contribution in [0.3, 0.4) is 0 Å². The SMILES string of the molecule is CS(=O)(=O)N1CCC(N(CCNC(=O)Cn2cccn2)C2CCOCC2)C1. The Bertz CT molecular complexity index is 703.